The topological polar surface area (TPSA) is 47.6 Å². The number of amides is 1. The minimum atomic E-state index is -0.182. The molecule has 1 amide bonds. The molecule has 2 unspecified atom stereocenters. The van der Waals surface area contributed by atoms with Crippen LogP contribution in [-0.4, -0.2) is 19.1 Å². The van der Waals surface area contributed by atoms with Crippen LogP contribution in [-0.2, 0) is 9.53 Å². The van der Waals surface area contributed by atoms with Crippen molar-refractivity contribution in [2.75, 3.05) is 18.5 Å². The maximum absolute atomic E-state index is 12.9. The van der Waals surface area contributed by atoms with Gasteiger partial charge in [0.05, 0.1) is 18.6 Å². The molecule has 0 bridgehead atoms. The van der Waals surface area contributed by atoms with Gasteiger partial charge >= 0.3 is 0 Å². The van der Waals surface area contributed by atoms with Crippen LogP contribution >= 0.6 is 0 Å². The first-order chi connectivity index (χ1) is 12.2. The number of aryl methyl sites for hydroxylation is 1. The second-order valence-corrected chi connectivity index (χ2v) is 6.35. The summed E-state index contributed by atoms with van der Waals surface area (Å²) in [7, 11) is 0. The maximum atomic E-state index is 12.9. The molecule has 0 saturated carbocycles. The summed E-state index contributed by atoms with van der Waals surface area (Å²) in [6, 6.07) is 15.7. The highest BCUT2D eigenvalue weighted by Gasteiger charge is 2.33. The van der Waals surface area contributed by atoms with Crippen molar-refractivity contribution in [3.8, 4) is 5.75 Å². The van der Waals surface area contributed by atoms with E-state index in [1.165, 1.54) is 0 Å². The van der Waals surface area contributed by atoms with Crippen LogP contribution in [0.25, 0.3) is 0 Å². The van der Waals surface area contributed by atoms with Crippen molar-refractivity contribution < 1.29 is 14.3 Å². The second-order valence-electron chi connectivity index (χ2n) is 6.35. The Morgan fingerprint density at radius 1 is 1.24 bits per heavy atom. The average Bonchev–Trinajstić information content (AvgIpc) is 2.65. The molecule has 2 aromatic carbocycles. The van der Waals surface area contributed by atoms with E-state index in [0.29, 0.717) is 13.2 Å². The van der Waals surface area contributed by atoms with Gasteiger partial charge in [-0.1, -0.05) is 30.3 Å². The molecule has 1 N–H and O–H groups in total. The van der Waals surface area contributed by atoms with E-state index in [9.17, 15) is 4.79 Å². The van der Waals surface area contributed by atoms with Crippen LogP contribution in [0.3, 0.4) is 0 Å². The zero-order valence-electron chi connectivity index (χ0n) is 14.8. The molecule has 1 saturated heterocycles. The molecule has 0 spiro atoms. The highest BCUT2D eigenvalue weighted by atomic mass is 16.5. The SMILES string of the molecule is CCOc1ccc(NC(=O)C2CCCOC2c2ccccc2)cc1C. The van der Waals surface area contributed by atoms with Crippen LogP contribution in [0.2, 0.25) is 0 Å². The van der Waals surface area contributed by atoms with Crippen LogP contribution < -0.4 is 10.1 Å². The first-order valence-electron chi connectivity index (χ1n) is 8.90. The molecule has 25 heavy (non-hydrogen) atoms. The molecule has 1 heterocycles. The lowest BCUT2D eigenvalue weighted by atomic mass is 9.88. The highest BCUT2D eigenvalue weighted by molar-refractivity contribution is 5.93. The summed E-state index contributed by atoms with van der Waals surface area (Å²) in [5.74, 6) is 0.684. The Hall–Kier alpha value is -2.33. The molecule has 2 aromatic rings. The summed E-state index contributed by atoms with van der Waals surface area (Å²) in [6.07, 6.45) is 1.56. The molecule has 3 rings (SSSR count). The third-order valence-electron chi connectivity index (χ3n) is 4.53. The van der Waals surface area contributed by atoms with Gasteiger partial charge in [0.1, 0.15) is 5.75 Å². The summed E-state index contributed by atoms with van der Waals surface area (Å²) in [6.45, 7) is 5.27. The predicted octanol–water partition coefficient (Wildman–Crippen LogP) is 4.50. The third-order valence-corrected chi connectivity index (χ3v) is 4.53. The summed E-state index contributed by atoms with van der Waals surface area (Å²) >= 11 is 0. The summed E-state index contributed by atoms with van der Waals surface area (Å²) < 4.78 is 11.5. The highest BCUT2D eigenvalue weighted by Crippen LogP contribution is 2.34. The Balaban J connectivity index is 1.74. The van der Waals surface area contributed by atoms with Crippen molar-refractivity contribution in [3.05, 3.63) is 59.7 Å². The lowest BCUT2D eigenvalue weighted by molar-refractivity contribution is -0.129. The van der Waals surface area contributed by atoms with Gasteiger partial charge in [-0.2, -0.15) is 0 Å². The van der Waals surface area contributed by atoms with Gasteiger partial charge < -0.3 is 14.8 Å². The van der Waals surface area contributed by atoms with Gasteiger partial charge in [0.25, 0.3) is 0 Å². The van der Waals surface area contributed by atoms with Gasteiger partial charge in [-0.15, -0.1) is 0 Å². The molecule has 1 aliphatic rings. The van der Waals surface area contributed by atoms with E-state index in [-0.39, 0.29) is 17.9 Å². The van der Waals surface area contributed by atoms with Gasteiger partial charge in [0.2, 0.25) is 5.91 Å². The van der Waals surface area contributed by atoms with Crippen LogP contribution in [0, 0.1) is 12.8 Å². The molecule has 1 aliphatic heterocycles. The van der Waals surface area contributed by atoms with Gasteiger partial charge in [0, 0.05) is 12.3 Å². The van der Waals surface area contributed by atoms with E-state index >= 15 is 0 Å². The number of benzene rings is 2. The molecular weight excluding hydrogens is 314 g/mol. The summed E-state index contributed by atoms with van der Waals surface area (Å²) in [5.41, 5.74) is 2.87. The van der Waals surface area contributed by atoms with Crippen molar-refractivity contribution in [1.82, 2.24) is 0 Å². The minimum absolute atomic E-state index is 0.0112. The van der Waals surface area contributed by atoms with Crippen molar-refractivity contribution in [1.29, 1.82) is 0 Å². The number of nitrogens with one attached hydrogen (secondary N) is 1. The monoisotopic (exact) mass is 339 g/mol. The molecule has 4 nitrogen and oxygen atoms in total. The van der Waals surface area contributed by atoms with E-state index < -0.39 is 0 Å². The van der Waals surface area contributed by atoms with Crippen LogP contribution in [0.5, 0.6) is 5.75 Å². The number of carbonyl (C=O) groups is 1. The second kappa shape index (κ2) is 8.17. The first kappa shape index (κ1) is 17.5. The Bertz CT molecular complexity index is 714. The number of hydrogen-bond donors (Lipinski definition) is 1. The van der Waals surface area contributed by atoms with Crippen molar-refractivity contribution in [3.63, 3.8) is 0 Å². The largest absolute Gasteiger partial charge is 0.494 e. The van der Waals surface area contributed by atoms with Crippen LogP contribution in [0.1, 0.15) is 37.0 Å². The van der Waals surface area contributed by atoms with E-state index in [0.717, 1.165) is 35.4 Å². The average molecular weight is 339 g/mol. The summed E-state index contributed by atoms with van der Waals surface area (Å²) in [5, 5.41) is 3.05. The van der Waals surface area contributed by atoms with Gasteiger partial charge in [-0.05, 0) is 56.0 Å². The maximum Gasteiger partial charge on any atom is 0.230 e. The fourth-order valence-electron chi connectivity index (χ4n) is 3.30. The predicted molar refractivity (Wildman–Crippen MR) is 98.8 cm³/mol. The number of rotatable bonds is 5. The number of anilines is 1. The van der Waals surface area contributed by atoms with Gasteiger partial charge in [-0.3, -0.25) is 4.79 Å². The van der Waals surface area contributed by atoms with Gasteiger partial charge in [-0.25, -0.2) is 0 Å². The van der Waals surface area contributed by atoms with E-state index in [1.807, 2.05) is 62.4 Å². The van der Waals surface area contributed by atoms with Crippen LogP contribution in [0.4, 0.5) is 5.69 Å². The first-order valence-corrected chi connectivity index (χ1v) is 8.90. The molecule has 4 heteroatoms. The smallest absolute Gasteiger partial charge is 0.230 e. The standard InChI is InChI=1S/C21H25NO3/c1-3-24-19-12-11-17(14-15(19)2)22-21(23)18-10-7-13-25-20(18)16-8-5-4-6-9-16/h4-6,8-9,11-12,14,18,20H,3,7,10,13H2,1-2H3,(H,22,23). The molecule has 1 fully saturated rings. The molecule has 0 aromatic heterocycles. The molecular formula is C21H25NO3. The van der Waals surface area contributed by atoms with Crippen molar-refractivity contribution in [2.24, 2.45) is 5.92 Å². The number of carbonyl (C=O) groups excluding carboxylic acids is 1. The fraction of sp³-hybridized carbons (Fsp3) is 0.381. The number of ether oxygens (including phenoxy) is 2. The zero-order chi connectivity index (χ0) is 17.6. The molecule has 0 radical (unpaired) electrons. The number of hydrogen-bond acceptors (Lipinski definition) is 3. The lowest BCUT2D eigenvalue weighted by Gasteiger charge is -2.31. The van der Waals surface area contributed by atoms with E-state index in [4.69, 9.17) is 9.47 Å². The minimum Gasteiger partial charge on any atom is -0.494 e. The Morgan fingerprint density at radius 3 is 2.76 bits per heavy atom. The third kappa shape index (κ3) is 4.20. The van der Waals surface area contributed by atoms with E-state index in [2.05, 4.69) is 5.32 Å². The van der Waals surface area contributed by atoms with E-state index in [1.54, 1.807) is 0 Å². The normalized spacial score (nSPS) is 20.1. The Labute approximate surface area is 149 Å². The Morgan fingerprint density at radius 2 is 2.04 bits per heavy atom. The van der Waals surface area contributed by atoms with Crippen LogP contribution in [0.15, 0.2) is 48.5 Å². The molecule has 0 aliphatic carbocycles. The molecule has 132 valence electrons. The van der Waals surface area contributed by atoms with Crippen molar-refractivity contribution >= 4 is 11.6 Å². The lowest BCUT2D eigenvalue weighted by Crippen LogP contribution is -2.33. The summed E-state index contributed by atoms with van der Waals surface area (Å²) in [4.78, 5) is 12.9. The Kier molecular flexibility index (Phi) is 5.71. The zero-order valence-corrected chi connectivity index (χ0v) is 14.8. The quantitative estimate of drug-likeness (QED) is 0.872. The molecule has 2 atom stereocenters. The van der Waals surface area contributed by atoms with Gasteiger partial charge in [0.15, 0.2) is 0 Å². The van der Waals surface area contributed by atoms with Crippen molar-refractivity contribution in [2.45, 2.75) is 32.8 Å². The fourth-order valence-corrected chi connectivity index (χ4v) is 3.30.